The molecule has 1 amide bonds. The van der Waals surface area contributed by atoms with Gasteiger partial charge in [0.25, 0.3) is 5.91 Å². The van der Waals surface area contributed by atoms with Crippen LogP contribution < -0.4 is 5.32 Å². The van der Waals surface area contributed by atoms with E-state index in [1.54, 1.807) is 13.0 Å². The van der Waals surface area contributed by atoms with Crippen molar-refractivity contribution in [3.63, 3.8) is 0 Å². The van der Waals surface area contributed by atoms with Crippen LogP contribution in [0.2, 0.25) is 0 Å². The van der Waals surface area contributed by atoms with Crippen molar-refractivity contribution in [1.82, 2.24) is 5.32 Å². The second-order valence-corrected chi connectivity index (χ2v) is 6.74. The highest BCUT2D eigenvalue weighted by Gasteiger charge is 2.26. The topological polar surface area (TPSA) is 55.4 Å². The molecule has 2 rings (SSSR count). The van der Waals surface area contributed by atoms with Crippen LogP contribution in [0.3, 0.4) is 0 Å². The Morgan fingerprint density at radius 1 is 1.22 bits per heavy atom. The number of hydrogen-bond acceptors (Lipinski definition) is 3. The Morgan fingerprint density at radius 2 is 1.91 bits per heavy atom. The van der Waals surface area contributed by atoms with Crippen LogP contribution in [0.15, 0.2) is 18.2 Å². The number of nitrogens with one attached hydrogen (secondary N) is 1. The summed E-state index contributed by atoms with van der Waals surface area (Å²) in [5.74, 6) is -0.164. The van der Waals surface area contributed by atoms with Gasteiger partial charge >= 0.3 is 5.97 Å². The maximum absolute atomic E-state index is 12.3. The van der Waals surface area contributed by atoms with Crippen LogP contribution in [0.1, 0.15) is 61.0 Å². The molecule has 0 aliphatic heterocycles. The van der Waals surface area contributed by atoms with E-state index in [0.717, 1.165) is 30.4 Å². The van der Waals surface area contributed by atoms with Crippen LogP contribution >= 0.6 is 0 Å². The molecule has 0 radical (unpaired) electrons. The van der Waals surface area contributed by atoms with E-state index in [9.17, 15) is 9.59 Å². The largest absolute Gasteiger partial charge is 0.449 e. The molecule has 0 heterocycles. The predicted octanol–water partition coefficient (Wildman–Crippen LogP) is 3.54. The molecule has 1 fully saturated rings. The van der Waals surface area contributed by atoms with Crippen molar-refractivity contribution in [1.29, 1.82) is 0 Å². The average molecular weight is 317 g/mol. The summed E-state index contributed by atoms with van der Waals surface area (Å²) in [6.45, 7) is 7.59. The van der Waals surface area contributed by atoms with Crippen LogP contribution in [0.5, 0.6) is 0 Å². The molecule has 1 aliphatic rings. The lowest BCUT2D eigenvalue weighted by molar-refractivity contribution is -0.130. The molecule has 23 heavy (non-hydrogen) atoms. The molecule has 1 aromatic rings. The number of carbonyl (C=O) groups excluding carboxylic acids is 2. The van der Waals surface area contributed by atoms with Gasteiger partial charge in [-0.1, -0.05) is 37.5 Å². The summed E-state index contributed by atoms with van der Waals surface area (Å²) in [5.41, 5.74) is 2.38. The first-order chi connectivity index (χ1) is 10.9. The molecule has 4 heteroatoms. The van der Waals surface area contributed by atoms with Crippen LogP contribution in [-0.4, -0.2) is 24.0 Å². The number of hydrogen-bond donors (Lipinski definition) is 1. The Balaban J connectivity index is 1.94. The molecular formula is C19H27NO3. The third-order valence-electron chi connectivity index (χ3n) is 4.71. The van der Waals surface area contributed by atoms with E-state index < -0.39 is 12.1 Å². The van der Waals surface area contributed by atoms with Gasteiger partial charge in [-0.05, 0) is 51.2 Å². The summed E-state index contributed by atoms with van der Waals surface area (Å²) < 4.78 is 5.36. The van der Waals surface area contributed by atoms with Gasteiger partial charge in [0.05, 0.1) is 5.56 Å². The van der Waals surface area contributed by atoms with Crippen molar-refractivity contribution in [2.45, 2.75) is 65.5 Å². The molecule has 1 N–H and O–H groups in total. The Bertz CT molecular complexity index is 582. The lowest BCUT2D eigenvalue weighted by atomic mass is 9.86. The molecule has 1 saturated carbocycles. The highest BCUT2D eigenvalue weighted by Crippen LogP contribution is 2.23. The van der Waals surface area contributed by atoms with Crippen LogP contribution in [0.25, 0.3) is 0 Å². The molecule has 0 unspecified atom stereocenters. The Morgan fingerprint density at radius 3 is 2.61 bits per heavy atom. The van der Waals surface area contributed by atoms with Crippen LogP contribution in [0, 0.1) is 19.8 Å². The first-order valence-electron chi connectivity index (χ1n) is 8.47. The smallest absolute Gasteiger partial charge is 0.339 e. The van der Waals surface area contributed by atoms with Crippen LogP contribution in [0.4, 0.5) is 0 Å². The third kappa shape index (κ3) is 4.57. The Kier molecular flexibility index (Phi) is 5.80. The number of rotatable bonds is 4. The van der Waals surface area contributed by atoms with Crippen molar-refractivity contribution in [3.8, 4) is 0 Å². The number of aryl methyl sites for hydroxylation is 2. The van der Waals surface area contributed by atoms with Crippen molar-refractivity contribution < 1.29 is 14.3 Å². The van der Waals surface area contributed by atoms with E-state index in [0.29, 0.717) is 11.5 Å². The molecule has 0 spiro atoms. The summed E-state index contributed by atoms with van der Waals surface area (Å²) in [4.78, 5) is 24.6. The lowest BCUT2D eigenvalue weighted by Gasteiger charge is -2.30. The monoisotopic (exact) mass is 317 g/mol. The minimum absolute atomic E-state index is 0.193. The lowest BCUT2D eigenvalue weighted by Crippen LogP contribution is -2.46. The van der Waals surface area contributed by atoms with Gasteiger partial charge in [0, 0.05) is 6.04 Å². The minimum Gasteiger partial charge on any atom is -0.449 e. The molecule has 3 atom stereocenters. The van der Waals surface area contributed by atoms with E-state index >= 15 is 0 Å². The fourth-order valence-electron chi connectivity index (χ4n) is 3.06. The van der Waals surface area contributed by atoms with E-state index in [2.05, 4.69) is 12.2 Å². The van der Waals surface area contributed by atoms with E-state index in [4.69, 9.17) is 4.74 Å². The summed E-state index contributed by atoms with van der Waals surface area (Å²) in [6.07, 6.45) is 3.74. The number of ether oxygens (including phenoxy) is 1. The SMILES string of the molecule is Cc1ccc(C)c(C(=O)O[C@@H](C)C(=O)N[C@H]2CCCC[C@@H]2C)c1. The normalized spacial score (nSPS) is 22.3. The molecule has 0 aromatic heterocycles. The first-order valence-corrected chi connectivity index (χ1v) is 8.47. The highest BCUT2D eigenvalue weighted by atomic mass is 16.5. The Labute approximate surface area is 138 Å². The number of amides is 1. The van der Waals surface area contributed by atoms with Crippen molar-refractivity contribution in [2.75, 3.05) is 0 Å². The zero-order valence-corrected chi connectivity index (χ0v) is 14.5. The van der Waals surface area contributed by atoms with Gasteiger partial charge in [-0.25, -0.2) is 4.79 Å². The van der Waals surface area contributed by atoms with E-state index in [1.165, 1.54) is 6.42 Å². The summed E-state index contributed by atoms with van der Waals surface area (Å²) in [5, 5.41) is 3.04. The van der Waals surface area contributed by atoms with Gasteiger partial charge in [0.1, 0.15) is 0 Å². The minimum atomic E-state index is -0.781. The van der Waals surface area contributed by atoms with Gasteiger partial charge in [-0.2, -0.15) is 0 Å². The third-order valence-corrected chi connectivity index (χ3v) is 4.71. The number of benzene rings is 1. The molecule has 126 valence electrons. The number of esters is 1. The van der Waals surface area contributed by atoms with E-state index in [1.807, 2.05) is 26.0 Å². The summed E-state index contributed by atoms with van der Waals surface area (Å²) >= 11 is 0. The van der Waals surface area contributed by atoms with Gasteiger partial charge in [-0.3, -0.25) is 4.79 Å². The fraction of sp³-hybridized carbons (Fsp3) is 0.579. The molecule has 0 saturated heterocycles. The molecular weight excluding hydrogens is 290 g/mol. The highest BCUT2D eigenvalue weighted by molar-refractivity contribution is 5.93. The Hall–Kier alpha value is -1.84. The first kappa shape index (κ1) is 17.5. The molecule has 4 nitrogen and oxygen atoms in total. The summed E-state index contributed by atoms with van der Waals surface area (Å²) in [7, 11) is 0. The zero-order valence-electron chi connectivity index (χ0n) is 14.5. The zero-order chi connectivity index (χ0) is 17.0. The predicted molar refractivity (Wildman–Crippen MR) is 90.4 cm³/mol. The number of carbonyl (C=O) groups is 2. The van der Waals surface area contributed by atoms with Crippen molar-refractivity contribution in [2.24, 2.45) is 5.92 Å². The quantitative estimate of drug-likeness (QED) is 0.864. The van der Waals surface area contributed by atoms with Gasteiger partial charge in [-0.15, -0.1) is 0 Å². The maximum Gasteiger partial charge on any atom is 0.339 e. The second-order valence-electron chi connectivity index (χ2n) is 6.74. The van der Waals surface area contributed by atoms with Crippen molar-refractivity contribution in [3.05, 3.63) is 34.9 Å². The standard InChI is InChI=1S/C19H27NO3/c1-12-9-10-13(2)16(11-12)19(22)23-15(4)18(21)20-17-8-6-5-7-14(17)3/h9-11,14-15,17H,5-8H2,1-4H3,(H,20,21)/t14-,15-,17-/m0/s1. The molecule has 1 aliphatic carbocycles. The second kappa shape index (κ2) is 7.62. The van der Waals surface area contributed by atoms with E-state index in [-0.39, 0.29) is 11.9 Å². The fourth-order valence-corrected chi connectivity index (χ4v) is 3.06. The average Bonchev–Trinajstić information content (AvgIpc) is 2.51. The molecule has 0 bridgehead atoms. The maximum atomic E-state index is 12.3. The molecule has 1 aromatic carbocycles. The van der Waals surface area contributed by atoms with Gasteiger partial charge in [0.2, 0.25) is 0 Å². The summed E-state index contributed by atoms with van der Waals surface area (Å²) in [6, 6.07) is 5.83. The van der Waals surface area contributed by atoms with Crippen LogP contribution in [-0.2, 0) is 9.53 Å². The van der Waals surface area contributed by atoms with Gasteiger partial charge < -0.3 is 10.1 Å². The van der Waals surface area contributed by atoms with Crippen molar-refractivity contribution >= 4 is 11.9 Å². The van der Waals surface area contributed by atoms with Gasteiger partial charge in [0.15, 0.2) is 6.10 Å².